The molecule has 3 saturated heterocycles. The molecule has 6 rings (SSSR count). The first kappa shape index (κ1) is 21.8. The van der Waals surface area contributed by atoms with E-state index in [1.54, 1.807) is 14.2 Å². The van der Waals surface area contributed by atoms with Crippen LogP contribution in [0.15, 0.2) is 78.9 Å². The highest BCUT2D eigenvalue weighted by Gasteiger charge is 2.48. The van der Waals surface area contributed by atoms with E-state index in [9.17, 15) is 0 Å². The summed E-state index contributed by atoms with van der Waals surface area (Å²) in [5.41, 5.74) is 3.87. The monoisotopic (exact) mass is 442 g/mol. The van der Waals surface area contributed by atoms with Crippen molar-refractivity contribution in [2.24, 2.45) is 5.92 Å². The van der Waals surface area contributed by atoms with E-state index in [-0.39, 0.29) is 0 Å². The van der Waals surface area contributed by atoms with E-state index in [0.717, 1.165) is 17.2 Å². The number of ether oxygens (including phenoxy) is 2. The molecule has 4 heteroatoms. The van der Waals surface area contributed by atoms with Crippen LogP contribution in [0.25, 0.3) is 0 Å². The first-order valence-corrected chi connectivity index (χ1v) is 12.0. The number of likely N-dealkylation sites (N-methyl/N-ethyl adjacent to an activating group) is 1. The number of methoxy groups -OCH3 is 2. The van der Waals surface area contributed by atoms with Gasteiger partial charge in [0.05, 0.1) is 19.9 Å². The highest BCUT2D eigenvalue weighted by Crippen LogP contribution is 2.46. The molecule has 3 aliphatic heterocycles. The summed E-state index contributed by atoms with van der Waals surface area (Å²) < 4.78 is 11.4. The van der Waals surface area contributed by atoms with Crippen molar-refractivity contribution in [3.63, 3.8) is 0 Å². The average Bonchev–Trinajstić information content (AvgIpc) is 2.90. The van der Waals surface area contributed by atoms with Crippen molar-refractivity contribution in [3.8, 4) is 11.5 Å². The summed E-state index contributed by atoms with van der Waals surface area (Å²) >= 11 is 0. The maximum atomic E-state index is 5.79. The average molecular weight is 443 g/mol. The minimum absolute atomic E-state index is 0.305. The molecule has 3 aromatic carbocycles. The van der Waals surface area contributed by atoms with Crippen molar-refractivity contribution in [1.82, 2.24) is 4.90 Å². The standard InChI is InChI=1S/C29H34N2O2/c1-30(25-20-24(32-2)14-15-26(25)33-3)28-23-16-18-31(19-17-23)29(28)27(21-10-6-4-7-11-21)22-12-8-5-9-13-22/h4-15,20,23,27-29H,16-19H2,1-3H3/t28-,29-/m1/s1. The molecule has 172 valence electrons. The van der Waals surface area contributed by atoms with Gasteiger partial charge in [0.25, 0.3) is 0 Å². The molecule has 0 unspecified atom stereocenters. The molecule has 2 atom stereocenters. The lowest BCUT2D eigenvalue weighted by atomic mass is 9.70. The Morgan fingerprint density at radius 1 is 0.818 bits per heavy atom. The molecular formula is C29H34N2O2. The fourth-order valence-electron chi connectivity index (χ4n) is 6.15. The van der Waals surface area contributed by atoms with Gasteiger partial charge in [-0.1, -0.05) is 60.7 Å². The molecule has 4 nitrogen and oxygen atoms in total. The smallest absolute Gasteiger partial charge is 0.142 e. The number of anilines is 1. The van der Waals surface area contributed by atoms with Crippen LogP contribution in [-0.4, -0.2) is 51.3 Å². The third-order valence-corrected chi connectivity index (χ3v) is 7.70. The zero-order valence-corrected chi connectivity index (χ0v) is 19.9. The summed E-state index contributed by atoms with van der Waals surface area (Å²) in [7, 11) is 5.72. The van der Waals surface area contributed by atoms with Gasteiger partial charge in [-0.3, -0.25) is 4.90 Å². The maximum absolute atomic E-state index is 5.79. The minimum Gasteiger partial charge on any atom is -0.497 e. The highest BCUT2D eigenvalue weighted by molar-refractivity contribution is 5.62. The molecule has 0 spiro atoms. The molecule has 0 aliphatic carbocycles. The molecule has 0 aromatic heterocycles. The van der Waals surface area contributed by atoms with E-state index >= 15 is 0 Å². The summed E-state index contributed by atoms with van der Waals surface area (Å²) in [6, 6.07) is 29.0. The summed E-state index contributed by atoms with van der Waals surface area (Å²) in [4.78, 5) is 5.21. The van der Waals surface area contributed by atoms with Crippen molar-refractivity contribution in [2.75, 3.05) is 39.3 Å². The lowest BCUT2D eigenvalue weighted by Crippen LogP contribution is -2.65. The van der Waals surface area contributed by atoms with E-state index in [4.69, 9.17) is 9.47 Å². The first-order chi connectivity index (χ1) is 16.2. The second-order valence-corrected chi connectivity index (χ2v) is 9.30. The Morgan fingerprint density at radius 2 is 1.42 bits per heavy atom. The Kier molecular flexibility index (Phi) is 6.28. The third kappa shape index (κ3) is 4.08. The maximum Gasteiger partial charge on any atom is 0.142 e. The molecule has 3 fully saturated rings. The van der Waals surface area contributed by atoms with Crippen LogP contribution in [-0.2, 0) is 0 Å². The first-order valence-electron chi connectivity index (χ1n) is 12.0. The van der Waals surface area contributed by atoms with Gasteiger partial charge < -0.3 is 14.4 Å². The van der Waals surface area contributed by atoms with Gasteiger partial charge in [-0.25, -0.2) is 0 Å². The van der Waals surface area contributed by atoms with Crippen molar-refractivity contribution in [3.05, 3.63) is 90.0 Å². The van der Waals surface area contributed by atoms with Crippen molar-refractivity contribution < 1.29 is 9.47 Å². The van der Waals surface area contributed by atoms with Gasteiger partial charge >= 0.3 is 0 Å². The summed E-state index contributed by atoms with van der Waals surface area (Å²) in [6.07, 6.45) is 2.49. The van der Waals surface area contributed by atoms with Crippen LogP contribution in [0.1, 0.15) is 29.9 Å². The number of nitrogens with zero attached hydrogens (tertiary/aromatic N) is 2. The Balaban J connectivity index is 1.62. The molecule has 2 bridgehead atoms. The van der Waals surface area contributed by atoms with Gasteiger partial charge in [-0.2, -0.15) is 0 Å². The van der Waals surface area contributed by atoms with Crippen LogP contribution in [0.5, 0.6) is 11.5 Å². The van der Waals surface area contributed by atoms with E-state index in [1.165, 1.54) is 37.1 Å². The quantitative estimate of drug-likeness (QED) is 0.487. The molecule has 0 saturated carbocycles. The van der Waals surface area contributed by atoms with Crippen molar-refractivity contribution in [1.29, 1.82) is 0 Å². The summed E-state index contributed by atoms with van der Waals surface area (Å²) in [6.45, 7) is 2.34. The van der Waals surface area contributed by atoms with Gasteiger partial charge in [0.2, 0.25) is 0 Å². The Hall–Kier alpha value is -2.98. The van der Waals surface area contributed by atoms with Crippen molar-refractivity contribution >= 4 is 5.69 Å². The third-order valence-electron chi connectivity index (χ3n) is 7.70. The number of rotatable bonds is 7. The van der Waals surface area contributed by atoms with Crippen LogP contribution < -0.4 is 14.4 Å². The zero-order chi connectivity index (χ0) is 22.8. The Morgan fingerprint density at radius 3 is 1.97 bits per heavy atom. The minimum atomic E-state index is 0.305. The second kappa shape index (κ2) is 9.48. The zero-order valence-electron chi connectivity index (χ0n) is 19.9. The van der Waals surface area contributed by atoms with Crippen LogP contribution in [0.2, 0.25) is 0 Å². The fourth-order valence-corrected chi connectivity index (χ4v) is 6.15. The van der Waals surface area contributed by atoms with Crippen LogP contribution in [0.4, 0.5) is 5.69 Å². The molecular weight excluding hydrogens is 408 g/mol. The highest BCUT2D eigenvalue weighted by atomic mass is 16.5. The van der Waals surface area contributed by atoms with Crippen molar-refractivity contribution in [2.45, 2.75) is 30.8 Å². The lowest BCUT2D eigenvalue weighted by Gasteiger charge is -2.56. The second-order valence-electron chi connectivity index (χ2n) is 9.30. The van der Waals surface area contributed by atoms with Gasteiger partial charge in [0, 0.05) is 31.1 Å². The summed E-state index contributed by atoms with van der Waals surface area (Å²) in [5, 5.41) is 0. The molecule has 3 aliphatic rings. The topological polar surface area (TPSA) is 24.9 Å². The lowest BCUT2D eigenvalue weighted by molar-refractivity contribution is 0.0185. The molecule has 3 aromatic rings. The van der Waals surface area contributed by atoms with E-state index in [2.05, 4.69) is 83.6 Å². The molecule has 0 amide bonds. The largest absolute Gasteiger partial charge is 0.497 e. The molecule has 3 heterocycles. The van der Waals surface area contributed by atoms with Crippen LogP contribution >= 0.6 is 0 Å². The number of hydrogen-bond donors (Lipinski definition) is 0. The Bertz CT molecular complexity index is 1010. The molecule has 0 radical (unpaired) electrons. The number of piperidine rings is 3. The SMILES string of the molecule is COc1ccc(OC)c(N(C)[C@@H]2C3CCN(CC3)[C@@H]2C(c2ccccc2)c2ccccc2)c1. The summed E-state index contributed by atoms with van der Waals surface area (Å²) in [5.74, 6) is 2.71. The predicted octanol–water partition coefficient (Wildman–Crippen LogP) is 5.43. The van der Waals surface area contributed by atoms with Gasteiger partial charge in [0.1, 0.15) is 11.5 Å². The Labute approximate surface area is 197 Å². The fraction of sp³-hybridized carbons (Fsp3) is 0.379. The number of hydrogen-bond acceptors (Lipinski definition) is 4. The van der Waals surface area contributed by atoms with Crippen LogP contribution in [0, 0.1) is 5.92 Å². The van der Waals surface area contributed by atoms with Gasteiger partial charge in [-0.05, 0) is 55.1 Å². The van der Waals surface area contributed by atoms with E-state index < -0.39 is 0 Å². The van der Waals surface area contributed by atoms with E-state index in [0.29, 0.717) is 23.9 Å². The van der Waals surface area contributed by atoms with E-state index in [1.807, 2.05) is 12.1 Å². The number of benzene rings is 3. The molecule has 0 N–H and O–H groups in total. The predicted molar refractivity (Wildman–Crippen MR) is 135 cm³/mol. The van der Waals surface area contributed by atoms with Crippen LogP contribution in [0.3, 0.4) is 0 Å². The normalized spacial score (nSPS) is 24.0. The van der Waals surface area contributed by atoms with Gasteiger partial charge in [0.15, 0.2) is 0 Å². The number of fused-ring (bicyclic) bond motifs is 3. The van der Waals surface area contributed by atoms with Gasteiger partial charge in [-0.15, -0.1) is 0 Å². The molecule has 33 heavy (non-hydrogen) atoms.